The summed E-state index contributed by atoms with van der Waals surface area (Å²) in [6, 6.07) is 16.2. The molecule has 0 aliphatic carbocycles. The van der Waals surface area contributed by atoms with Gasteiger partial charge in [-0.25, -0.2) is 27.8 Å². The van der Waals surface area contributed by atoms with Crippen molar-refractivity contribution < 1.29 is 13.2 Å². The maximum absolute atomic E-state index is 12.6. The van der Waals surface area contributed by atoms with Gasteiger partial charge in [-0.05, 0) is 29.8 Å². The van der Waals surface area contributed by atoms with Crippen molar-refractivity contribution in [3.8, 4) is 5.69 Å². The number of para-hydroxylation sites is 1. The molecule has 0 bridgehead atoms. The second kappa shape index (κ2) is 10.9. The molecular formula is C24H26N8O3S. The minimum Gasteiger partial charge on any atom is -0.379 e. The van der Waals surface area contributed by atoms with Gasteiger partial charge in [0.05, 0.1) is 41.6 Å². The summed E-state index contributed by atoms with van der Waals surface area (Å²) in [5, 5.41) is 9.40. The van der Waals surface area contributed by atoms with Gasteiger partial charge in [-0.2, -0.15) is 10.2 Å². The number of anilines is 1. The Balaban J connectivity index is 1.21. The highest BCUT2D eigenvalue weighted by atomic mass is 32.2. The van der Waals surface area contributed by atoms with Gasteiger partial charge in [0, 0.05) is 26.2 Å². The molecule has 2 aromatic heterocycles. The van der Waals surface area contributed by atoms with Gasteiger partial charge in [-0.15, -0.1) is 0 Å². The average molecular weight is 507 g/mol. The van der Waals surface area contributed by atoms with E-state index in [0.29, 0.717) is 37.8 Å². The van der Waals surface area contributed by atoms with E-state index in [1.807, 2.05) is 30.3 Å². The molecule has 2 aromatic carbocycles. The second-order valence-corrected chi connectivity index (χ2v) is 9.91. The van der Waals surface area contributed by atoms with Crippen molar-refractivity contribution >= 4 is 33.1 Å². The van der Waals surface area contributed by atoms with Crippen molar-refractivity contribution in [1.29, 1.82) is 0 Å². The average Bonchev–Trinajstić information content (AvgIpc) is 3.35. The Hall–Kier alpha value is -3.71. The molecule has 36 heavy (non-hydrogen) atoms. The summed E-state index contributed by atoms with van der Waals surface area (Å²) in [7, 11) is -3.58. The summed E-state index contributed by atoms with van der Waals surface area (Å²) < 4.78 is 34.9. The highest BCUT2D eigenvalue weighted by Crippen LogP contribution is 2.21. The molecule has 0 saturated carbocycles. The van der Waals surface area contributed by atoms with Gasteiger partial charge >= 0.3 is 0 Å². The molecule has 0 unspecified atom stereocenters. The fourth-order valence-corrected chi connectivity index (χ4v) is 4.86. The first kappa shape index (κ1) is 24.0. The Morgan fingerprint density at radius 3 is 2.58 bits per heavy atom. The van der Waals surface area contributed by atoms with Crippen LogP contribution in [-0.2, 0) is 14.8 Å². The normalized spacial score (nSPS) is 15.0. The number of rotatable bonds is 9. The van der Waals surface area contributed by atoms with Crippen molar-refractivity contribution in [3.63, 3.8) is 0 Å². The minimum atomic E-state index is -3.58. The molecule has 1 saturated heterocycles. The van der Waals surface area contributed by atoms with Crippen molar-refractivity contribution in [1.82, 2.24) is 29.4 Å². The first-order valence-corrected chi connectivity index (χ1v) is 13.0. The zero-order valence-electron chi connectivity index (χ0n) is 19.5. The molecule has 1 fully saturated rings. The van der Waals surface area contributed by atoms with Gasteiger partial charge in [-0.3, -0.25) is 10.3 Å². The lowest BCUT2D eigenvalue weighted by atomic mass is 10.2. The van der Waals surface area contributed by atoms with Crippen LogP contribution in [0.1, 0.15) is 5.56 Å². The summed E-state index contributed by atoms with van der Waals surface area (Å²) in [5.41, 5.74) is 5.21. The van der Waals surface area contributed by atoms with Crippen molar-refractivity contribution in [2.75, 3.05) is 44.8 Å². The SMILES string of the molecule is O=S(=O)(NCCN1CCOCC1)c1ccc(C=NNc2ncnc3c2cnn3-c2ccccc2)cc1. The van der Waals surface area contributed by atoms with E-state index < -0.39 is 10.0 Å². The molecular weight excluding hydrogens is 480 g/mol. The largest absolute Gasteiger partial charge is 0.379 e. The summed E-state index contributed by atoms with van der Waals surface area (Å²) >= 11 is 0. The molecule has 0 radical (unpaired) electrons. The van der Waals surface area contributed by atoms with Crippen LogP contribution < -0.4 is 10.1 Å². The maximum Gasteiger partial charge on any atom is 0.240 e. The Morgan fingerprint density at radius 2 is 1.81 bits per heavy atom. The third kappa shape index (κ3) is 5.57. The number of nitrogens with zero attached hydrogens (tertiary/aromatic N) is 6. The summed E-state index contributed by atoms with van der Waals surface area (Å²) in [6.07, 6.45) is 4.73. The third-order valence-electron chi connectivity index (χ3n) is 5.76. The molecule has 0 amide bonds. The van der Waals surface area contributed by atoms with E-state index in [-0.39, 0.29) is 4.90 Å². The number of hydrogen-bond donors (Lipinski definition) is 2. The molecule has 0 atom stereocenters. The Labute approximate surface area is 208 Å². The topological polar surface area (TPSA) is 127 Å². The van der Waals surface area contributed by atoms with Gasteiger partial charge in [0.2, 0.25) is 10.0 Å². The van der Waals surface area contributed by atoms with E-state index in [1.54, 1.807) is 41.4 Å². The lowest BCUT2D eigenvalue weighted by Crippen LogP contribution is -2.41. The molecule has 2 N–H and O–H groups in total. The third-order valence-corrected chi connectivity index (χ3v) is 7.24. The second-order valence-electron chi connectivity index (χ2n) is 8.14. The predicted octanol–water partition coefficient (Wildman–Crippen LogP) is 1.87. The van der Waals surface area contributed by atoms with Gasteiger partial charge < -0.3 is 4.74 Å². The van der Waals surface area contributed by atoms with E-state index in [4.69, 9.17) is 4.74 Å². The van der Waals surface area contributed by atoms with Crippen LogP contribution in [0.15, 0.2) is 77.1 Å². The number of ether oxygens (including phenoxy) is 1. The summed E-state index contributed by atoms with van der Waals surface area (Å²) in [5.74, 6) is 0.516. The van der Waals surface area contributed by atoms with E-state index in [2.05, 4.69) is 35.2 Å². The highest BCUT2D eigenvalue weighted by Gasteiger charge is 2.15. The van der Waals surface area contributed by atoms with Crippen LogP contribution in [0.5, 0.6) is 0 Å². The first-order valence-electron chi connectivity index (χ1n) is 11.5. The van der Waals surface area contributed by atoms with Gasteiger partial charge in [0.25, 0.3) is 0 Å². The zero-order valence-corrected chi connectivity index (χ0v) is 20.3. The molecule has 1 aliphatic rings. The van der Waals surface area contributed by atoms with Crippen molar-refractivity contribution in [3.05, 3.63) is 72.7 Å². The fraction of sp³-hybridized carbons (Fsp3) is 0.250. The monoisotopic (exact) mass is 506 g/mol. The van der Waals surface area contributed by atoms with Crippen LogP contribution in [0.4, 0.5) is 5.82 Å². The molecule has 11 nitrogen and oxygen atoms in total. The van der Waals surface area contributed by atoms with Crippen LogP contribution >= 0.6 is 0 Å². The van der Waals surface area contributed by atoms with E-state index in [1.165, 1.54) is 6.33 Å². The number of aromatic nitrogens is 4. The predicted molar refractivity (Wildman–Crippen MR) is 137 cm³/mol. The molecule has 12 heteroatoms. The molecule has 1 aliphatic heterocycles. The minimum absolute atomic E-state index is 0.209. The Kier molecular flexibility index (Phi) is 7.28. The van der Waals surface area contributed by atoms with Crippen LogP contribution in [-0.4, -0.2) is 78.7 Å². The molecule has 3 heterocycles. The zero-order chi connectivity index (χ0) is 24.8. The number of nitrogens with one attached hydrogen (secondary N) is 2. The Bertz CT molecular complexity index is 1430. The number of sulfonamides is 1. The standard InChI is InChI=1S/C24H26N8O3S/c33-36(34,29-10-11-31-12-14-35-15-13-31)21-8-6-19(7-9-21)16-27-30-23-22-17-28-32(24(22)26-18-25-23)20-4-2-1-3-5-20/h1-9,16-18,29H,10-15H2,(H,25,26,30). The summed E-state index contributed by atoms with van der Waals surface area (Å²) in [6.45, 7) is 4.01. The molecule has 0 spiro atoms. The smallest absolute Gasteiger partial charge is 0.240 e. The van der Waals surface area contributed by atoms with E-state index >= 15 is 0 Å². The Morgan fingerprint density at radius 1 is 1.03 bits per heavy atom. The highest BCUT2D eigenvalue weighted by molar-refractivity contribution is 7.89. The molecule has 5 rings (SSSR count). The van der Waals surface area contributed by atoms with Crippen LogP contribution in [0.3, 0.4) is 0 Å². The van der Waals surface area contributed by atoms with Gasteiger partial charge in [0.1, 0.15) is 6.33 Å². The van der Waals surface area contributed by atoms with Gasteiger partial charge in [0.15, 0.2) is 11.5 Å². The van der Waals surface area contributed by atoms with Gasteiger partial charge in [-0.1, -0.05) is 30.3 Å². The first-order chi connectivity index (χ1) is 17.6. The number of morpholine rings is 1. The van der Waals surface area contributed by atoms with Crippen LogP contribution in [0, 0.1) is 0 Å². The van der Waals surface area contributed by atoms with E-state index in [9.17, 15) is 8.42 Å². The molecule has 186 valence electrons. The lowest BCUT2D eigenvalue weighted by Gasteiger charge is -2.26. The fourth-order valence-electron chi connectivity index (χ4n) is 3.84. The van der Waals surface area contributed by atoms with Crippen molar-refractivity contribution in [2.24, 2.45) is 5.10 Å². The number of fused-ring (bicyclic) bond motifs is 1. The number of hydrazone groups is 1. The van der Waals surface area contributed by atoms with Crippen LogP contribution in [0.25, 0.3) is 16.7 Å². The van der Waals surface area contributed by atoms with Crippen LogP contribution in [0.2, 0.25) is 0 Å². The molecule has 4 aromatic rings. The quantitative estimate of drug-likeness (QED) is 0.260. The van der Waals surface area contributed by atoms with Crippen molar-refractivity contribution in [2.45, 2.75) is 4.90 Å². The maximum atomic E-state index is 12.6. The summed E-state index contributed by atoms with van der Waals surface area (Å²) in [4.78, 5) is 11.0. The lowest BCUT2D eigenvalue weighted by molar-refractivity contribution is 0.0390. The number of benzene rings is 2. The van der Waals surface area contributed by atoms with E-state index in [0.717, 1.165) is 29.7 Å². The number of hydrogen-bond acceptors (Lipinski definition) is 9.